The van der Waals surface area contributed by atoms with E-state index in [9.17, 15) is 0 Å². The first kappa shape index (κ1) is 13.6. The fourth-order valence-corrected chi connectivity index (χ4v) is 2.54. The smallest absolute Gasteiger partial charge is 0.123 e. The summed E-state index contributed by atoms with van der Waals surface area (Å²) in [4.78, 5) is 6.68. The molecule has 1 aromatic heterocycles. The molecule has 1 saturated heterocycles. The highest BCUT2D eigenvalue weighted by Gasteiger charge is 2.20. The number of likely N-dealkylation sites (tertiary alicyclic amines) is 1. The Bertz CT molecular complexity index is 392. The lowest BCUT2D eigenvalue weighted by molar-refractivity contribution is 0.0963. The molecule has 1 aromatic rings. The molecule has 0 atom stereocenters. The van der Waals surface area contributed by atoms with Crippen molar-refractivity contribution < 1.29 is 4.74 Å². The maximum Gasteiger partial charge on any atom is 0.123 e. The molecule has 1 fully saturated rings. The number of methoxy groups -OCH3 is 1. The Labute approximate surface area is 113 Å². The number of hydrogen-bond donors (Lipinski definition) is 1. The predicted molar refractivity (Wildman–Crippen MR) is 73.5 cm³/mol. The predicted octanol–water partition coefficient (Wildman–Crippen LogP) is 2.18. The molecule has 2 heterocycles. The van der Waals surface area contributed by atoms with Gasteiger partial charge >= 0.3 is 0 Å². The number of hydrogen-bond acceptors (Lipinski definition) is 4. The Hall–Kier alpha value is -0.840. The molecule has 5 heteroatoms. The minimum absolute atomic E-state index is 0.531. The highest BCUT2D eigenvalue weighted by Crippen LogP contribution is 2.22. The summed E-state index contributed by atoms with van der Waals surface area (Å²) in [5.74, 6) is 1.22. The summed E-state index contributed by atoms with van der Waals surface area (Å²) >= 11 is 6.13. The molecule has 18 heavy (non-hydrogen) atoms. The van der Waals surface area contributed by atoms with E-state index in [0.717, 1.165) is 31.9 Å². The van der Waals surface area contributed by atoms with Crippen LogP contribution in [0.3, 0.4) is 0 Å². The van der Waals surface area contributed by atoms with Crippen molar-refractivity contribution in [1.82, 2.24) is 9.88 Å². The van der Waals surface area contributed by atoms with Gasteiger partial charge in [0.2, 0.25) is 0 Å². The first-order valence-corrected chi connectivity index (χ1v) is 6.69. The molecule has 0 saturated carbocycles. The van der Waals surface area contributed by atoms with E-state index in [1.54, 1.807) is 13.2 Å². The number of aromatic nitrogens is 1. The van der Waals surface area contributed by atoms with Gasteiger partial charge in [-0.05, 0) is 44.0 Å². The summed E-state index contributed by atoms with van der Waals surface area (Å²) in [5.41, 5.74) is 6.57. The molecule has 0 aromatic carbocycles. The lowest BCUT2D eigenvalue weighted by Gasteiger charge is -2.31. The molecule has 1 aliphatic heterocycles. The van der Waals surface area contributed by atoms with E-state index in [2.05, 4.69) is 9.88 Å². The molecular weight excluding hydrogens is 250 g/mol. The van der Waals surface area contributed by atoms with Crippen molar-refractivity contribution in [3.05, 3.63) is 22.8 Å². The number of nitrogens with zero attached hydrogens (tertiary/aromatic N) is 2. The van der Waals surface area contributed by atoms with Gasteiger partial charge in [0.1, 0.15) is 5.82 Å². The van der Waals surface area contributed by atoms with Crippen molar-refractivity contribution >= 4 is 17.4 Å². The third-order valence-electron chi connectivity index (χ3n) is 3.42. The van der Waals surface area contributed by atoms with Crippen LogP contribution >= 0.6 is 11.6 Å². The van der Waals surface area contributed by atoms with Crippen LogP contribution in [-0.2, 0) is 11.3 Å². The summed E-state index contributed by atoms with van der Waals surface area (Å²) in [6.45, 7) is 3.79. The van der Waals surface area contributed by atoms with E-state index >= 15 is 0 Å². The fourth-order valence-electron chi connectivity index (χ4n) is 2.37. The van der Waals surface area contributed by atoms with Crippen LogP contribution in [0, 0.1) is 5.92 Å². The van der Waals surface area contributed by atoms with Crippen LogP contribution in [0.5, 0.6) is 0 Å². The van der Waals surface area contributed by atoms with Crippen molar-refractivity contribution in [2.75, 3.05) is 32.5 Å². The van der Waals surface area contributed by atoms with Gasteiger partial charge in [-0.3, -0.25) is 4.90 Å². The van der Waals surface area contributed by atoms with Gasteiger partial charge in [0.05, 0.1) is 10.7 Å². The maximum atomic E-state index is 6.13. The molecule has 0 spiro atoms. The quantitative estimate of drug-likeness (QED) is 0.910. The Morgan fingerprint density at radius 2 is 2.17 bits per heavy atom. The van der Waals surface area contributed by atoms with Crippen LogP contribution in [-0.4, -0.2) is 36.7 Å². The number of piperidine rings is 1. The molecule has 0 bridgehead atoms. The minimum Gasteiger partial charge on any atom is -0.384 e. The second kappa shape index (κ2) is 6.36. The van der Waals surface area contributed by atoms with Crippen LogP contribution in [0.2, 0.25) is 5.02 Å². The summed E-state index contributed by atoms with van der Waals surface area (Å²) in [6, 6.07) is 3.55. The van der Waals surface area contributed by atoms with Crippen LogP contribution < -0.4 is 5.73 Å². The summed E-state index contributed by atoms with van der Waals surface area (Å²) < 4.78 is 5.20. The number of pyridine rings is 1. The molecule has 100 valence electrons. The van der Waals surface area contributed by atoms with Crippen molar-refractivity contribution in [2.45, 2.75) is 19.4 Å². The number of anilines is 1. The first-order valence-electron chi connectivity index (χ1n) is 6.31. The molecule has 1 aliphatic rings. The normalized spacial score (nSPS) is 18.1. The third kappa shape index (κ3) is 3.57. The van der Waals surface area contributed by atoms with Gasteiger partial charge in [0, 0.05) is 20.3 Å². The number of rotatable bonds is 4. The zero-order chi connectivity index (χ0) is 13.0. The van der Waals surface area contributed by atoms with E-state index < -0.39 is 0 Å². The van der Waals surface area contributed by atoms with E-state index in [0.29, 0.717) is 16.8 Å². The maximum absolute atomic E-state index is 6.13. The summed E-state index contributed by atoms with van der Waals surface area (Å²) in [5, 5.41) is 0.697. The fraction of sp³-hybridized carbons (Fsp3) is 0.615. The lowest BCUT2D eigenvalue weighted by Crippen LogP contribution is -2.34. The summed E-state index contributed by atoms with van der Waals surface area (Å²) in [7, 11) is 1.77. The van der Waals surface area contributed by atoms with Gasteiger partial charge in [-0.25, -0.2) is 4.98 Å². The molecule has 0 amide bonds. The molecule has 0 radical (unpaired) electrons. The minimum atomic E-state index is 0.531. The zero-order valence-electron chi connectivity index (χ0n) is 10.7. The van der Waals surface area contributed by atoms with Crippen molar-refractivity contribution in [2.24, 2.45) is 5.92 Å². The highest BCUT2D eigenvalue weighted by atomic mass is 35.5. The molecular formula is C13H20ClN3O. The Balaban J connectivity index is 1.89. The van der Waals surface area contributed by atoms with Gasteiger partial charge in [0.15, 0.2) is 0 Å². The van der Waals surface area contributed by atoms with E-state index in [4.69, 9.17) is 22.1 Å². The first-order chi connectivity index (χ1) is 8.69. The van der Waals surface area contributed by atoms with E-state index in [-0.39, 0.29) is 0 Å². The standard InChI is InChI=1S/C13H20ClN3O/c1-18-9-10-4-6-17(7-5-10)8-12-11(14)2-3-13(15)16-12/h2-3,10H,4-9H2,1H3,(H2,15,16). The number of nitrogen functional groups attached to an aromatic ring is 1. The lowest BCUT2D eigenvalue weighted by atomic mass is 9.98. The van der Waals surface area contributed by atoms with E-state index in [1.807, 2.05) is 6.07 Å². The second-order valence-corrected chi connectivity index (χ2v) is 5.25. The van der Waals surface area contributed by atoms with Crippen molar-refractivity contribution in [3.63, 3.8) is 0 Å². The number of halogens is 1. The Morgan fingerprint density at radius 3 is 2.83 bits per heavy atom. The Morgan fingerprint density at radius 1 is 1.44 bits per heavy atom. The molecule has 0 unspecified atom stereocenters. The number of ether oxygens (including phenoxy) is 1. The third-order valence-corrected chi connectivity index (χ3v) is 3.77. The molecule has 4 nitrogen and oxygen atoms in total. The van der Waals surface area contributed by atoms with Crippen LogP contribution in [0.25, 0.3) is 0 Å². The van der Waals surface area contributed by atoms with Crippen molar-refractivity contribution in [1.29, 1.82) is 0 Å². The van der Waals surface area contributed by atoms with Gasteiger partial charge in [-0.1, -0.05) is 11.6 Å². The second-order valence-electron chi connectivity index (χ2n) is 4.84. The van der Waals surface area contributed by atoms with Gasteiger partial charge in [-0.2, -0.15) is 0 Å². The van der Waals surface area contributed by atoms with Crippen LogP contribution in [0.15, 0.2) is 12.1 Å². The molecule has 0 aliphatic carbocycles. The SMILES string of the molecule is COCC1CCN(Cc2nc(N)ccc2Cl)CC1. The van der Waals surface area contributed by atoms with Crippen molar-refractivity contribution in [3.8, 4) is 0 Å². The van der Waals surface area contributed by atoms with E-state index in [1.165, 1.54) is 12.8 Å². The van der Waals surface area contributed by atoms with Crippen LogP contribution in [0.1, 0.15) is 18.5 Å². The summed E-state index contributed by atoms with van der Waals surface area (Å²) in [6.07, 6.45) is 2.35. The average Bonchev–Trinajstić information content (AvgIpc) is 2.37. The monoisotopic (exact) mass is 269 g/mol. The largest absolute Gasteiger partial charge is 0.384 e. The van der Waals surface area contributed by atoms with Gasteiger partial charge in [-0.15, -0.1) is 0 Å². The number of nitrogens with two attached hydrogens (primary N) is 1. The van der Waals surface area contributed by atoms with Gasteiger partial charge < -0.3 is 10.5 Å². The molecule has 2 rings (SSSR count). The van der Waals surface area contributed by atoms with Crippen LogP contribution in [0.4, 0.5) is 5.82 Å². The topological polar surface area (TPSA) is 51.4 Å². The average molecular weight is 270 g/mol. The Kier molecular flexibility index (Phi) is 4.80. The molecule has 2 N–H and O–H groups in total. The van der Waals surface area contributed by atoms with Gasteiger partial charge in [0.25, 0.3) is 0 Å². The highest BCUT2D eigenvalue weighted by molar-refractivity contribution is 6.31. The zero-order valence-corrected chi connectivity index (χ0v) is 11.5.